The molecule has 2 amide bonds. The van der Waals surface area contributed by atoms with Gasteiger partial charge in [-0.2, -0.15) is 0 Å². The van der Waals surface area contributed by atoms with Crippen LogP contribution in [0.15, 0.2) is 54.6 Å². The molecule has 0 N–H and O–H groups in total. The van der Waals surface area contributed by atoms with Crippen molar-refractivity contribution in [2.45, 2.75) is 44.9 Å². The first-order valence-corrected chi connectivity index (χ1v) is 15.6. The van der Waals surface area contributed by atoms with E-state index in [4.69, 9.17) is 14.7 Å². The van der Waals surface area contributed by atoms with Crippen molar-refractivity contribution in [3.05, 3.63) is 54.6 Å². The van der Waals surface area contributed by atoms with Crippen molar-refractivity contribution in [2.24, 2.45) is 0 Å². The maximum Gasteiger partial charge on any atom is 0.411 e. The number of likely N-dealkylation sites (tertiary alicyclic amines) is 1. The minimum Gasteiger partial charge on any atom is -0.444 e. The summed E-state index contributed by atoms with van der Waals surface area (Å²) >= 11 is 1.76. The molecule has 3 aliphatic rings. The first-order valence-electron chi connectivity index (χ1n) is 14.4. The van der Waals surface area contributed by atoms with Crippen molar-refractivity contribution in [1.29, 1.82) is 0 Å². The quantitative estimate of drug-likeness (QED) is 0.456. The van der Waals surface area contributed by atoms with E-state index in [1.165, 1.54) is 0 Å². The Balaban J connectivity index is 1.19. The molecular formula is C31H38N6O3S. The van der Waals surface area contributed by atoms with Gasteiger partial charge in [0.2, 0.25) is 5.91 Å². The maximum absolute atomic E-state index is 13.5. The molecule has 216 valence electrons. The van der Waals surface area contributed by atoms with Crippen molar-refractivity contribution >= 4 is 40.5 Å². The number of carbonyl (C=O) groups is 2. The first-order chi connectivity index (χ1) is 19.8. The fourth-order valence-corrected chi connectivity index (χ4v) is 6.90. The van der Waals surface area contributed by atoms with Gasteiger partial charge in [0.25, 0.3) is 0 Å². The first kappa shape index (κ1) is 27.8. The molecule has 0 aliphatic carbocycles. The van der Waals surface area contributed by atoms with E-state index in [-0.39, 0.29) is 11.9 Å². The van der Waals surface area contributed by atoms with Crippen molar-refractivity contribution in [3.63, 3.8) is 0 Å². The Kier molecular flexibility index (Phi) is 7.78. The zero-order valence-corrected chi connectivity index (χ0v) is 24.8. The number of aromatic nitrogens is 2. The van der Waals surface area contributed by atoms with Crippen LogP contribution in [0.25, 0.3) is 22.3 Å². The van der Waals surface area contributed by atoms with Crippen molar-refractivity contribution < 1.29 is 14.3 Å². The van der Waals surface area contributed by atoms with E-state index in [0.29, 0.717) is 18.8 Å². The summed E-state index contributed by atoms with van der Waals surface area (Å²) in [5.41, 5.74) is 1.32. The average molecular weight is 575 g/mol. The Morgan fingerprint density at radius 2 is 1.66 bits per heavy atom. The smallest absolute Gasteiger partial charge is 0.411 e. The molecule has 4 heterocycles. The average Bonchev–Trinajstić information content (AvgIpc) is 3.67. The van der Waals surface area contributed by atoms with Crippen molar-refractivity contribution in [3.8, 4) is 11.4 Å². The lowest BCUT2D eigenvalue weighted by molar-refractivity contribution is -0.134. The summed E-state index contributed by atoms with van der Waals surface area (Å²) in [5.74, 6) is 3.36. The number of ether oxygens (including phenoxy) is 1. The Morgan fingerprint density at radius 1 is 0.927 bits per heavy atom. The molecule has 0 unspecified atom stereocenters. The summed E-state index contributed by atoms with van der Waals surface area (Å²) in [6, 6.07) is 17.9. The molecule has 9 nitrogen and oxygen atoms in total. The monoisotopic (exact) mass is 574 g/mol. The lowest BCUT2D eigenvalue weighted by Crippen LogP contribution is -2.51. The predicted molar refractivity (Wildman–Crippen MR) is 163 cm³/mol. The number of amides is 2. The number of hydrogen-bond donors (Lipinski definition) is 0. The van der Waals surface area contributed by atoms with Gasteiger partial charge in [-0.15, -0.1) is 11.8 Å². The van der Waals surface area contributed by atoms with Gasteiger partial charge < -0.3 is 14.5 Å². The van der Waals surface area contributed by atoms with E-state index in [1.54, 1.807) is 16.7 Å². The highest BCUT2D eigenvalue weighted by Crippen LogP contribution is 2.31. The van der Waals surface area contributed by atoms with Gasteiger partial charge in [-0.25, -0.2) is 14.8 Å². The molecule has 3 aromatic rings. The molecule has 2 aromatic carbocycles. The van der Waals surface area contributed by atoms with Crippen LogP contribution in [0.2, 0.25) is 0 Å². The molecule has 0 spiro atoms. The topological polar surface area (TPSA) is 82.1 Å². The summed E-state index contributed by atoms with van der Waals surface area (Å²) in [6.45, 7) is 10.1. The van der Waals surface area contributed by atoms with Crippen LogP contribution in [-0.2, 0) is 9.53 Å². The Hall–Kier alpha value is -3.37. The number of fused-ring (bicyclic) bond motifs is 1. The third-order valence-electron chi connectivity index (χ3n) is 8.00. The molecule has 3 aliphatic heterocycles. The van der Waals surface area contributed by atoms with Gasteiger partial charge in [0.15, 0.2) is 5.82 Å². The van der Waals surface area contributed by atoms with Crippen LogP contribution in [0.5, 0.6) is 0 Å². The largest absolute Gasteiger partial charge is 0.444 e. The Labute approximate surface area is 245 Å². The molecule has 3 fully saturated rings. The normalized spacial score (nSPS) is 22.0. The molecule has 1 aromatic heterocycles. The van der Waals surface area contributed by atoms with E-state index in [1.807, 2.05) is 74.2 Å². The third kappa shape index (κ3) is 5.99. The second-order valence-corrected chi connectivity index (χ2v) is 13.0. The SMILES string of the molecule is CC(C)(C)OC(=O)N1C[C@@H](N2CCN(c3nc(-c4ccccc4)nc4ccccc34)CC2)C[C@H]1C(=O)N1CCSC1. The zero-order valence-electron chi connectivity index (χ0n) is 24.0. The minimum absolute atomic E-state index is 0.0443. The molecule has 2 atom stereocenters. The van der Waals surface area contributed by atoms with Gasteiger partial charge >= 0.3 is 6.09 Å². The van der Waals surface area contributed by atoms with Crippen LogP contribution < -0.4 is 4.90 Å². The molecule has 0 saturated carbocycles. The molecule has 0 bridgehead atoms. The third-order valence-corrected chi connectivity index (χ3v) is 8.97. The van der Waals surface area contributed by atoms with Crippen molar-refractivity contribution in [2.75, 3.05) is 55.8 Å². The van der Waals surface area contributed by atoms with E-state index in [2.05, 4.69) is 15.9 Å². The second-order valence-electron chi connectivity index (χ2n) is 12.0. The fraction of sp³-hybridized carbons (Fsp3) is 0.484. The fourth-order valence-electron chi connectivity index (χ4n) is 5.95. The highest BCUT2D eigenvalue weighted by molar-refractivity contribution is 7.99. The standard InChI is InChI=1S/C31H38N6O3S/c1-31(2,3)40-30(39)37-20-23(19-26(37)29(38)36-17-18-41-21-36)34-13-15-35(16-14-34)28-24-11-7-8-12-25(24)32-27(33-28)22-9-5-4-6-10-22/h4-12,23,26H,13-21H2,1-3H3/t23-,26-/m0/s1. The van der Waals surface area contributed by atoms with E-state index >= 15 is 0 Å². The highest BCUT2D eigenvalue weighted by Gasteiger charge is 2.45. The van der Waals surface area contributed by atoms with Gasteiger partial charge in [-0.3, -0.25) is 14.6 Å². The lowest BCUT2D eigenvalue weighted by Gasteiger charge is -2.38. The summed E-state index contributed by atoms with van der Waals surface area (Å²) in [7, 11) is 0. The van der Waals surface area contributed by atoms with Crippen LogP contribution >= 0.6 is 11.8 Å². The number of anilines is 1. The Bertz CT molecular complexity index is 1400. The number of hydrogen-bond acceptors (Lipinski definition) is 8. The molecular weight excluding hydrogens is 536 g/mol. The number of carbonyl (C=O) groups excluding carboxylic acids is 2. The molecule has 10 heteroatoms. The van der Waals surface area contributed by atoms with Crippen LogP contribution in [0.3, 0.4) is 0 Å². The maximum atomic E-state index is 13.5. The van der Waals surface area contributed by atoms with Crippen LogP contribution in [0, 0.1) is 0 Å². The number of piperazine rings is 1. The van der Waals surface area contributed by atoms with Crippen molar-refractivity contribution in [1.82, 2.24) is 24.7 Å². The van der Waals surface area contributed by atoms with Gasteiger partial charge in [0.1, 0.15) is 17.5 Å². The molecule has 3 saturated heterocycles. The summed E-state index contributed by atoms with van der Waals surface area (Å²) < 4.78 is 5.73. The number of rotatable bonds is 4. The van der Waals surface area contributed by atoms with Gasteiger partial charge in [-0.05, 0) is 39.3 Å². The van der Waals surface area contributed by atoms with E-state index in [9.17, 15) is 9.59 Å². The second kappa shape index (κ2) is 11.5. The van der Waals surface area contributed by atoms with Crippen LogP contribution in [0.1, 0.15) is 27.2 Å². The summed E-state index contributed by atoms with van der Waals surface area (Å²) in [4.78, 5) is 44.9. The molecule has 6 rings (SSSR count). The van der Waals surface area contributed by atoms with E-state index < -0.39 is 17.7 Å². The van der Waals surface area contributed by atoms with Crippen LogP contribution in [-0.4, -0.2) is 105 Å². The number of para-hydroxylation sites is 1. The minimum atomic E-state index is -0.614. The van der Waals surface area contributed by atoms with Crippen LogP contribution in [0.4, 0.5) is 10.6 Å². The number of benzene rings is 2. The summed E-state index contributed by atoms with van der Waals surface area (Å²) in [5, 5.41) is 1.05. The van der Waals surface area contributed by atoms with Gasteiger partial charge in [0, 0.05) is 62.0 Å². The highest BCUT2D eigenvalue weighted by atomic mass is 32.2. The van der Waals surface area contributed by atoms with E-state index in [0.717, 1.165) is 66.6 Å². The number of nitrogens with zero attached hydrogens (tertiary/aromatic N) is 6. The van der Waals surface area contributed by atoms with Gasteiger partial charge in [0.05, 0.1) is 11.4 Å². The molecule has 41 heavy (non-hydrogen) atoms. The molecule has 0 radical (unpaired) electrons. The lowest BCUT2D eigenvalue weighted by atomic mass is 10.1. The Morgan fingerprint density at radius 3 is 2.37 bits per heavy atom. The number of thioether (sulfide) groups is 1. The van der Waals surface area contributed by atoms with Gasteiger partial charge in [-0.1, -0.05) is 42.5 Å². The predicted octanol–water partition coefficient (Wildman–Crippen LogP) is 4.33. The summed E-state index contributed by atoms with van der Waals surface area (Å²) in [6.07, 6.45) is 0.234. The zero-order chi connectivity index (χ0) is 28.6.